The van der Waals surface area contributed by atoms with Crippen molar-refractivity contribution in [2.24, 2.45) is 5.73 Å². The van der Waals surface area contributed by atoms with Crippen LogP contribution in [0.15, 0.2) is 11.8 Å². The van der Waals surface area contributed by atoms with E-state index in [0.29, 0.717) is 6.08 Å². The molecule has 3 fully saturated rings. The first-order valence-electron chi connectivity index (χ1n) is 15.4. The van der Waals surface area contributed by atoms with Gasteiger partial charge in [0.05, 0.1) is 25.8 Å². The van der Waals surface area contributed by atoms with Gasteiger partial charge in [0.15, 0.2) is 18.9 Å². The standard InChI is InChI=1S/C27H41NO24.2Na/c28-5(21(39)40)4-45-24-14(36)13(35)19(20(52-24)23(43)44)51-27-16(38)18(12(34)9(3-30)48-27)50-26-15(37)17(11(33)8(2-29)47-26)49-25-10(32)6(31)1-7(46-25)22(41)42;;/h1,5-6,8-20,24-27,29-38H,2-4,28H2,(H,39,40)(H,41,42)(H,43,44);;/q;2*+1/p-2/t5?,6-,8?,9?,10?,11+,12+,13+,14?,15?,16?,17+,18+,19+,20?,24-,25+,26+,27+;;/m1../s1. The molecule has 0 amide bonds. The second kappa shape index (κ2) is 21.3. The molecule has 54 heavy (non-hydrogen) atoms. The molecular weight excluding hydrogens is 768 g/mol. The van der Waals surface area contributed by atoms with Crippen LogP contribution in [0.25, 0.3) is 0 Å². The summed E-state index contributed by atoms with van der Waals surface area (Å²) in [6, 6.07) is -1.64. The van der Waals surface area contributed by atoms with Crippen LogP contribution in [-0.2, 0) is 52.3 Å². The number of ether oxygens (including phenoxy) is 8. The van der Waals surface area contributed by atoms with E-state index in [1.54, 1.807) is 0 Å². The maximum absolute atomic E-state index is 12.0. The van der Waals surface area contributed by atoms with Crippen molar-refractivity contribution in [1.82, 2.24) is 0 Å². The molecule has 0 bridgehead atoms. The van der Waals surface area contributed by atoms with Gasteiger partial charge >= 0.3 is 65.1 Å². The van der Waals surface area contributed by atoms with Crippen LogP contribution in [0.4, 0.5) is 0 Å². The summed E-state index contributed by atoms with van der Waals surface area (Å²) in [5.41, 5.74) is 5.32. The van der Waals surface area contributed by atoms with Gasteiger partial charge in [0.2, 0.25) is 6.29 Å². The van der Waals surface area contributed by atoms with Crippen LogP contribution < -0.4 is 75.1 Å². The summed E-state index contributed by atoms with van der Waals surface area (Å²) in [6.45, 7) is -2.84. The van der Waals surface area contributed by atoms with E-state index in [1.165, 1.54) is 0 Å². The van der Waals surface area contributed by atoms with Gasteiger partial charge in [0, 0.05) is 0 Å². The Kier molecular flexibility index (Phi) is 19.5. The number of carboxylic acid groups (broad SMARTS) is 3. The largest absolute Gasteiger partial charge is 1.00 e. The SMILES string of the molecule is NC(CO[C@@H]1OC(C(=O)[O-])[C@@H](O[C@@H]2OC(CO)[C@H](O)[C@H](O[C@@H]3OC(CO)[C@H](O)[C@H](O[C@@H]4OC(C(=O)[O-])=C[C@@H](O)C4O)C3O)C2O)[C@@H](O)C1O)C(=O)O.[Na+].[Na+]. The van der Waals surface area contributed by atoms with Gasteiger partial charge in [-0.25, -0.2) is 0 Å². The molecule has 4 heterocycles. The summed E-state index contributed by atoms with van der Waals surface area (Å²) in [4.78, 5) is 34.2. The van der Waals surface area contributed by atoms with Crippen LogP contribution >= 0.6 is 0 Å². The first-order valence-corrected chi connectivity index (χ1v) is 15.4. The fourth-order valence-electron chi connectivity index (χ4n) is 5.58. The van der Waals surface area contributed by atoms with E-state index < -0.39 is 160 Å². The number of carbonyl (C=O) groups is 3. The smallest absolute Gasteiger partial charge is 0.547 e. The Morgan fingerprint density at radius 1 is 0.685 bits per heavy atom. The quantitative estimate of drug-likeness (QED) is 0.0725. The number of rotatable bonds is 14. The number of hydrogen-bond acceptors (Lipinski definition) is 24. The molecule has 8 unspecified atom stereocenters. The molecule has 0 radical (unpaired) electrons. The second-order valence-electron chi connectivity index (χ2n) is 12.0. The van der Waals surface area contributed by atoms with Crippen LogP contribution in [0.3, 0.4) is 0 Å². The summed E-state index contributed by atoms with van der Waals surface area (Å²) in [7, 11) is 0. The van der Waals surface area contributed by atoms with E-state index in [0.717, 1.165) is 0 Å². The molecule has 3 saturated heterocycles. The minimum Gasteiger partial charge on any atom is -0.547 e. The molecule has 4 aliphatic rings. The average molecular weight is 808 g/mol. The van der Waals surface area contributed by atoms with Gasteiger partial charge < -0.3 is 120 Å². The molecule has 0 aliphatic carbocycles. The first kappa shape index (κ1) is 49.4. The number of aliphatic hydroxyl groups excluding tert-OH is 10. The number of carboxylic acids is 3. The first-order chi connectivity index (χ1) is 24.4. The zero-order valence-corrected chi connectivity index (χ0v) is 32.5. The third-order valence-electron chi connectivity index (χ3n) is 8.45. The molecule has 27 heteroatoms. The Bertz CT molecular complexity index is 1280. The molecule has 0 spiro atoms. The van der Waals surface area contributed by atoms with Gasteiger partial charge in [-0.1, -0.05) is 0 Å². The Labute approximate surface area is 347 Å². The maximum atomic E-state index is 12.0. The van der Waals surface area contributed by atoms with Crippen LogP contribution in [0.1, 0.15) is 0 Å². The molecular formula is C27H39NNa2O24. The van der Waals surface area contributed by atoms with E-state index in [-0.39, 0.29) is 59.1 Å². The normalized spacial score (nSPS) is 43.0. The van der Waals surface area contributed by atoms with Crippen molar-refractivity contribution in [2.75, 3.05) is 19.8 Å². The predicted octanol–water partition coefficient (Wildman–Crippen LogP) is -17.6. The van der Waals surface area contributed by atoms with E-state index in [4.69, 9.17) is 48.7 Å². The third-order valence-corrected chi connectivity index (χ3v) is 8.45. The van der Waals surface area contributed by atoms with E-state index in [2.05, 4.69) is 0 Å². The van der Waals surface area contributed by atoms with Crippen molar-refractivity contribution >= 4 is 17.9 Å². The van der Waals surface area contributed by atoms with Gasteiger partial charge in [-0.3, -0.25) is 4.79 Å². The van der Waals surface area contributed by atoms with Crippen molar-refractivity contribution < 1.29 is 178 Å². The topological polar surface area (TPSA) is 420 Å². The van der Waals surface area contributed by atoms with Crippen LogP contribution in [-0.4, -0.2) is 211 Å². The zero-order valence-electron chi connectivity index (χ0n) is 28.5. The van der Waals surface area contributed by atoms with Crippen molar-refractivity contribution in [1.29, 1.82) is 0 Å². The van der Waals surface area contributed by atoms with Gasteiger partial charge in [-0.15, -0.1) is 0 Å². The molecule has 298 valence electrons. The van der Waals surface area contributed by atoms with Crippen LogP contribution in [0.5, 0.6) is 0 Å². The Morgan fingerprint density at radius 3 is 1.61 bits per heavy atom. The number of carbonyl (C=O) groups excluding carboxylic acids is 2. The number of hydrogen-bond donors (Lipinski definition) is 12. The molecule has 4 rings (SSSR count). The van der Waals surface area contributed by atoms with E-state index in [9.17, 15) is 75.7 Å². The molecule has 0 aromatic heterocycles. The van der Waals surface area contributed by atoms with Crippen LogP contribution in [0, 0.1) is 0 Å². The molecule has 4 aliphatic heterocycles. The average Bonchev–Trinajstić information content (AvgIpc) is 3.09. The maximum Gasteiger partial charge on any atom is 1.00 e. The van der Waals surface area contributed by atoms with E-state index in [1.807, 2.05) is 0 Å². The van der Waals surface area contributed by atoms with Gasteiger partial charge in [-0.05, 0) is 6.08 Å². The second-order valence-corrected chi connectivity index (χ2v) is 12.0. The molecule has 13 N–H and O–H groups in total. The summed E-state index contributed by atoms with van der Waals surface area (Å²) >= 11 is 0. The number of nitrogens with two attached hydrogens (primary N) is 1. The molecule has 0 saturated carbocycles. The molecule has 0 aromatic rings. The zero-order chi connectivity index (χ0) is 38.8. The Balaban J connectivity index is 0.00000504. The van der Waals surface area contributed by atoms with Crippen molar-refractivity contribution in [3.8, 4) is 0 Å². The Hall–Kier alpha value is -0.770. The van der Waals surface area contributed by atoms with Gasteiger partial charge in [0.1, 0.15) is 103 Å². The number of aliphatic hydroxyl groups is 10. The summed E-state index contributed by atoms with van der Waals surface area (Å²) in [6.07, 6.45) is -36.3. The van der Waals surface area contributed by atoms with Gasteiger partial charge in [0.25, 0.3) is 0 Å². The predicted molar refractivity (Wildman–Crippen MR) is 147 cm³/mol. The minimum absolute atomic E-state index is 0. The minimum atomic E-state index is -2.31. The Morgan fingerprint density at radius 2 is 1.17 bits per heavy atom. The summed E-state index contributed by atoms with van der Waals surface area (Å²) < 4.78 is 42.1. The molecule has 19 atom stereocenters. The third kappa shape index (κ3) is 11.0. The van der Waals surface area contributed by atoms with Crippen LogP contribution in [0.2, 0.25) is 0 Å². The van der Waals surface area contributed by atoms with Gasteiger partial charge in [-0.2, -0.15) is 0 Å². The van der Waals surface area contributed by atoms with E-state index >= 15 is 0 Å². The molecule has 0 aromatic carbocycles. The van der Waals surface area contributed by atoms with Crippen molar-refractivity contribution in [3.05, 3.63) is 11.8 Å². The summed E-state index contributed by atoms with van der Waals surface area (Å²) in [5, 5.41) is 137. The fourth-order valence-corrected chi connectivity index (χ4v) is 5.58. The molecule has 25 nitrogen and oxygen atoms in total. The van der Waals surface area contributed by atoms with Crippen molar-refractivity contribution in [3.63, 3.8) is 0 Å². The van der Waals surface area contributed by atoms with Crippen molar-refractivity contribution in [2.45, 2.75) is 117 Å². The summed E-state index contributed by atoms with van der Waals surface area (Å²) in [5.74, 6) is -6.50. The monoisotopic (exact) mass is 807 g/mol. The number of aliphatic carboxylic acids is 3. The fraction of sp³-hybridized carbons (Fsp3) is 0.815.